The number of hydrogen-bond donors (Lipinski definition) is 3. The Bertz CT molecular complexity index is 1480. The number of nitrogens with one attached hydrogen (secondary N) is 2. The van der Waals surface area contributed by atoms with Gasteiger partial charge in [0.2, 0.25) is 5.91 Å². The highest BCUT2D eigenvalue weighted by atomic mass is 16.5. The van der Waals surface area contributed by atoms with Crippen molar-refractivity contribution in [1.29, 1.82) is 5.41 Å². The summed E-state index contributed by atoms with van der Waals surface area (Å²) in [7, 11) is 1.63. The number of amidine groups is 1. The Morgan fingerprint density at radius 2 is 1.79 bits per heavy atom. The molecule has 1 unspecified atom stereocenters. The molecular weight excluding hydrogens is 474 g/mol. The number of aryl methyl sites for hydroxylation is 1. The average molecular weight is 508 g/mol. The lowest BCUT2D eigenvalue weighted by Crippen LogP contribution is -2.32. The summed E-state index contributed by atoms with van der Waals surface area (Å²) in [5, 5.41) is 12.9. The number of nitrogens with two attached hydrogens (primary N) is 1. The van der Waals surface area contributed by atoms with Crippen LogP contribution in [0.4, 0.5) is 0 Å². The van der Waals surface area contributed by atoms with Gasteiger partial charge in [-0.15, -0.1) is 0 Å². The minimum Gasteiger partial charge on any atom is -0.497 e. The molecule has 4 aromatic carbocycles. The molecule has 5 rings (SSSR count). The van der Waals surface area contributed by atoms with E-state index in [0.717, 1.165) is 58.2 Å². The maximum Gasteiger partial charge on any atom is 0.224 e. The van der Waals surface area contributed by atoms with E-state index in [9.17, 15) is 4.79 Å². The average Bonchev–Trinajstić information content (AvgIpc) is 2.94. The lowest BCUT2D eigenvalue weighted by atomic mass is 9.83. The highest BCUT2D eigenvalue weighted by Crippen LogP contribution is 2.29. The summed E-state index contributed by atoms with van der Waals surface area (Å²) in [5.41, 5.74) is 11.0. The summed E-state index contributed by atoms with van der Waals surface area (Å²) in [5.74, 6) is 2.14. The fourth-order valence-corrected chi connectivity index (χ4v) is 5.08. The van der Waals surface area contributed by atoms with Crippen molar-refractivity contribution in [1.82, 2.24) is 5.32 Å². The Morgan fingerprint density at radius 1 is 0.947 bits per heavy atom. The first-order chi connectivity index (χ1) is 18.5. The van der Waals surface area contributed by atoms with Crippen LogP contribution in [0.5, 0.6) is 11.5 Å². The molecule has 0 aliphatic heterocycles. The van der Waals surface area contributed by atoms with Gasteiger partial charge in [-0.3, -0.25) is 10.2 Å². The molecule has 1 aliphatic carbocycles. The van der Waals surface area contributed by atoms with Crippen molar-refractivity contribution in [2.75, 3.05) is 13.7 Å². The Labute approximate surface area is 223 Å². The van der Waals surface area contributed by atoms with Crippen LogP contribution in [0.3, 0.4) is 0 Å². The number of carbonyl (C=O) groups excluding carboxylic acids is 1. The second kappa shape index (κ2) is 11.4. The fourth-order valence-electron chi connectivity index (χ4n) is 5.08. The molecule has 0 saturated carbocycles. The largest absolute Gasteiger partial charge is 0.497 e. The van der Waals surface area contributed by atoms with E-state index in [1.807, 2.05) is 48.5 Å². The molecule has 4 aromatic rings. The fraction of sp³-hybridized carbons (Fsp3) is 0.250. The monoisotopic (exact) mass is 507 g/mol. The maximum atomic E-state index is 12.5. The topological polar surface area (TPSA) is 97.4 Å². The van der Waals surface area contributed by atoms with Gasteiger partial charge in [-0.2, -0.15) is 0 Å². The van der Waals surface area contributed by atoms with Crippen LogP contribution >= 0.6 is 0 Å². The highest BCUT2D eigenvalue weighted by Gasteiger charge is 2.20. The lowest BCUT2D eigenvalue weighted by molar-refractivity contribution is -0.120. The van der Waals surface area contributed by atoms with Crippen LogP contribution < -0.4 is 20.5 Å². The van der Waals surface area contributed by atoms with E-state index >= 15 is 0 Å². The molecular formula is C32H33N3O3. The first-order valence-corrected chi connectivity index (χ1v) is 13.0. The molecule has 38 heavy (non-hydrogen) atoms. The zero-order chi connectivity index (χ0) is 26.5. The van der Waals surface area contributed by atoms with E-state index in [0.29, 0.717) is 25.5 Å². The third kappa shape index (κ3) is 6.14. The SMILES string of the molecule is COc1cccc(CC(=O)NCC2CCc3ccc(OCc4ccc5cc(C(=N)N)ccc5c4)cc3C2)c1. The highest BCUT2D eigenvalue weighted by molar-refractivity contribution is 5.99. The van der Waals surface area contributed by atoms with Crippen LogP contribution in [0, 0.1) is 11.3 Å². The van der Waals surface area contributed by atoms with Crippen molar-refractivity contribution in [3.8, 4) is 11.5 Å². The number of nitrogen functional groups attached to an aromatic ring is 1. The van der Waals surface area contributed by atoms with Crippen molar-refractivity contribution in [2.24, 2.45) is 11.7 Å². The summed E-state index contributed by atoms with van der Waals surface area (Å²) < 4.78 is 11.4. The van der Waals surface area contributed by atoms with Crippen LogP contribution in [-0.2, 0) is 30.7 Å². The van der Waals surface area contributed by atoms with E-state index < -0.39 is 0 Å². The van der Waals surface area contributed by atoms with Gasteiger partial charge in [0.05, 0.1) is 13.5 Å². The normalized spacial score (nSPS) is 14.5. The Morgan fingerprint density at radius 3 is 2.63 bits per heavy atom. The zero-order valence-electron chi connectivity index (χ0n) is 21.6. The molecule has 6 heteroatoms. The predicted molar refractivity (Wildman–Crippen MR) is 151 cm³/mol. The van der Waals surface area contributed by atoms with Gasteiger partial charge in [0.25, 0.3) is 0 Å². The standard InChI is InChI=1S/C32H33N3O3/c1-37-29-4-2-3-21(15-29)16-31(36)35-19-22-5-7-24-11-12-30(18-28(24)13-22)38-20-23-6-8-26-17-27(32(33)34)10-9-25(26)14-23/h2-4,6,8-12,14-15,17-18,22H,5,7,13,16,19-20H2,1H3,(H3,33,34)(H,35,36). The molecule has 194 valence electrons. The zero-order valence-corrected chi connectivity index (χ0v) is 21.6. The van der Waals surface area contributed by atoms with Crippen molar-refractivity contribution in [3.63, 3.8) is 0 Å². The minimum atomic E-state index is 0.0361. The van der Waals surface area contributed by atoms with Crippen LogP contribution in [0.2, 0.25) is 0 Å². The van der Waals surface area contributed by atoms with Crippen LogP contribution in [0.15, 0.2) is 78.9 Å². The molecule has 0 saturated heterocycles. The van der Waals surface area contributed by atoms with Crippen molar-refractivity contribution >= 4 is 22.5 Å². The van der Waals surface area contributed by atoms with Gasteiger partial charge in [-0.05, 0) is 94.6 Å². The quantitative estimate of drug-likeness (QED) is 0.215. The number of carbonyl (C=O) groups is 1. The first kappa shape index (κ1) is 25.3. The third-order valence-corrected chi connectivity index (χ3v) is 7.22. The number of hydrogen-bond acceptors (Lipinski definition) is 4. The Balaban J connectivity index is 1.16. The lowest BCUT2D eigenvalue weighted by Gasteiger charge is -2.25. The number of amides is 1. The van der Waals surface area contributed by atoms with E-state index in [2.05, 4.69) is 35.6 Å². The van der Waals surface area contributed by atoms with Gasteiger partial charge in [0.15, 0.2) is 0 Å². The summed E-state index contributed by atoms with van der Waals surface area (Å²) in [4.78, 5) is 12.5. The summed E-state index contributed by atoms with van der Waals surface area (Å²) in [6.07, 6.45) is 3.36. The molecule has 1 aliphatic rings. The van der Waals surface area contributed by atoms with Gasteiger partial charge >= 0.3 is 0 Å². The molecule has 0 bridgehead atoms. The number of fused-ring (bicyclic) bond motifs is 2. The Hall–Kier alpha value is -4.32. The predicted octanol–water partition coefficient (Wildman–Crippen LogP) is 5.18. The number of rotatable bonds is 9. The van der Waals surface area contributed by atoms with Crippen molar-refractivity contribution in [3.05, 3.63) is 107 Å². The smallest absolute Gasteiger partial charge is 0.224 e. The van der Waals surface area contributed by atoms with Crippen LogP contribution in [0.1, 0.15) is 34.2 Å². The number of ether oxygens (including phenoxy) is 2. The Kier molecular flexibility index (Phi) is 7.59. The summed E-state index contributed by atoms with van der Waals surface area (Å²) in [6, 6.07) is 26.0. The first-order valence-electron chi connectivity index (χ1n) is 13.0. The van der Waals surface area contributed by atoms with Crippen LogP contribution in [0.25, 0.3) is 10.8 Å². The number of methoxy groups -OCH3 is 1. The minimum absolute atomic E-state index is 0.0361. The van der Waals surface area contributed by atoms with Crippen molar-refractivity contribution < 1.29 is 14.3 Å². The van der Waals surface area contributed by atoms with E-state index in [-0.39, 0.29) is 11.7 Å². The van der Waals surface area contributed by atoms with E-state index in [4.69, 9.17) is 20.6 Å². The summed E-state index contributed by atoms with van der Waals surface area (Å²) >= 11 is 0. The van der Waals surface area contributed by atoms with E-state index in [1.54, 1.807) is 7.11 Å². The molecule has 0 aromatic heterocycles. The molecule has 0 radical (unpaired) electrons. The van der Waals surface area contributed by atoms with Gasteiger partial charge in [0, 0.05) is 12.1 Å². The third-order valence-electron chi connectivity index (χ3n) is 7.22. The van der Waals surface area contributed by atoms with Gasteiger partial charge < -0.3 is 20.5 Å². The molecule has 4 N–H and O–H groups in total. The molecule has 0 fully saturated rings. The van der Waals surface area contributed by atoms with E-state index in [1.165, 1.54) is 11.1 Å². The van der Waals surface area contributed by atoms with Crippen LogP contribution in [-0.4, -0.2) is 25.4 Å². The molecule has 6 nitrogen and oxygen atoms in total. The maximum absolute atomic E-state index is 12.5. The van der Waals surface area contributed by atoms with Gasteiger partial charge in [-0.1, -0.05) is 42.5 Å². The molecule has 1 amide bonds. The number of benzene rings is 4. The molecule has 0 heterocycles. The second-order valence-electron chi connectivity index (χ2n) is 9.97. The van der Waals surface area contributed by atoms with Gasteiger partial charge in [0.1, 0.15) is 23.9 Å². The second-order valence-corrected chi connectivity index (χ2v) is 9.97. The molecule has 0 spiro atoms. The van der Waals surface area contributed by atoms with Gasteiger partial charge in [-0.25, -0.2) is 0 Å². The van der Waals surface area contributed by atoms with Crippen molar-refractivity contribution in [2.45, 2.75) is 32.3 Å². The molecule has 1 atom stereocenters. The summed E-state index contributed by atoms with van der Waals surface area (Å²) in [6.45, 7) is 1.16.